The second-order valence-electron chi connectivity index (χ2n) is 9.35. The highest BCUT2D eigenvalue weighted by molar-refractivity contribution is 5.93. The Balaban J connectivity index is 0.00000324. The highest BCUT2D eigenvalue weighted by atomic mass is 35.5. The summed E-state index contributed by atoms with van der Waals surface area (Å²) in [5, 5.41) is 4.25. The van der Waals surface area contributed by atoms with Gasteiger partial charge in [0.05, 0.1) is 19.3 Å². The van der Waals surface area contributed by atoms with Crippen LogP contribution in [0.25, 0.3) is 11.0 Å². The van der Waals surface area contributed by atoms with Crippen LogP contribution in [0.5, 0.6) is 0 Å². The van der Waals surface area contributed by atoms with Crippen molar-refractivity contribution in [3.8, 4) is 0 Å². The Labute approximate surface area is 207 Å². The Hall–Kier alpha value is -1.93. The lowest BCUT2D eigenvalue weighted by molar-refractivity contribution is -0.121. The van der Waals surface area contributed by atoms with Crippen molar-refractivity contribution in [2.75, 3.05) is 34.0 Å². The number of halogens is 1. The zero-order valence-corrected chi connectivity index (χ0v) is 20.9. The lowest BCUT2D eigenvalue weighted by Gasteiger charge is -2.30. The quantitative estimate of drug-likeness (QED) is 0.492. The zero-order valence-electron chi connectivity index (χ0n) is 20.0. The fraction of sp³-hybridized carbons (Fsp3) is 0.615. The standard InChI is InChI=1S/C26H35NO6.ClH/c1-30-15-20(16-31-2)32-26(29)24-14-19-12-17(8-9-23(19)33-24)13-22(28)25-21(10-11-27-25)18-6-4-3-5-7-18;/h8-9,12,14,18,20-21,25,27H,3-7,10-11,13,15-16H2,1-2H3;1H/t21-,25-;/m0./s1. The summed E-state index contributed by atoms with van der Waals surface area (Å²) in [4.78, 5) is 25.7. The van der Waals surface area contributed by atoms with E-state index in [9.17, 15) is 9.59 Å². The van der Waals surface area contributed by atoms with Crippen LogP contribution >= 0.6 is 12.4 Å². The maximum absolute atomic E-state index is 13.2. The number of benzene rings is 1. The predicted molar refractivity (Wildman–Crippen MR) is 132 cm³/mol. The molecule has 8 heteroatoms. The molecule has 2 aliphatic rings. The van der Waals surface area contributed by atoms with Crippen molar-refractivity contribution < 1.29 is 28.2 Å². The molecule has 2 fully saturated rings. The molecule has 0 amide bonds. The van der Waals surface area contributed by atoms with Gasteiger partial charge in [-0.3, -0.25) is 4.79 Å². The summed E-state index contributed by atoms with van der Waals surface area (Å²) in [5.41, 5.74) is 1.52. The molecular weight excluding hydrogens is 458 g/mol. The molecule has 2 aromatic rings. The number of furan rings is 1. The monoisotopic (exact) mass is 493 g/mol. The van der Waals surface area contributed by atoms with Gasteiger partial charge in [0.15, 0.2) is 5.78 Å². The molecule has 1 N–H and O–H groups in total. The molecule has 1 aromatic heterocycles. The molecule has 1 saturated heterocycles. The van der Waals surface area contributed by atoms with Gasteiger partial charge >= 0.3 is 5.97 Å². The van der Waals surface area contributed by atoms with Gasteiger partial charge in [0.1, 0.15) is 11.7 Å². The van der Waals surface area contributed by atoms with Gasteiger partial charge in [-0.05, 0) is 48.6 Å². The number of ether oxygens (including phenoxy) is 3. The highest BCUT2D eigenvalue weighted by Gasteiger charge is 2.37. The van der Waals surface area contributed by atoms with Gasteiger partial charge in [0.25, 0.3) is 0 Å². The molecule has 2 atom stereocenters. The second-order valence-corrected chi connectivity index (χ2v) is 9.35. The predicted octanol–water partition coefficient (Wildman–Crippen LogP) is 4.34. The van der Waals surface area contributed by atoms with E-state index in [1.165, 1.54) is 32.1 Å². The third kappa shape index (κ3) is 6.39. The van der Waals surface area contributed by atoms with Crippen LogP contribution in [0, 0.1) is 11.8 Å². The number of hydrogen-bond acceptors (Lipinski definition) is 7. The van der Waals surface area contributed by atoms with Crippen molar-refractivity contribution in [2.45, 2.75) is 57.1 Å². The minimum atomic E-state index is -0.562. The lowest BCUT2D eigenvalue weighted by atomic mass is 9.75. The van der Waals surface area contributed by atoms with Crippen LogP contribution in [0.3, 0.4) is 0 Å². The van der Waals surface area contributed by atoms with Crippen molar-refractivity contribution in [2.24, 2.45) is 11.8 Å². The Morgan fingerprint density at radius 3 is 2.50 bits per heavy atom. The van der Waals surface area contributed by atoms with Gasteiger partial charge in [0, 0.05) is 26.0 Å². The first-order valence-corrected chi connectivity index (χ1v) is 12.1. The van der Waals surface area contributed by atoms with Crippen LogP contribution in [0.15, 0.2) is 28.7 Å². The van der Waals surface area contributed by atoms with Gasteiger partial charge in [-0.15, -0.1) is 12.4 Å². The number of esters is 1. The molecule has 188 valence electrons. The normalized spacial score (nSPS) is 21.0. The number of Topliss-reactive ketones (excluding diaryl/α,β-unsaturated/α-hetero) is 1. The summed E-state index contributed by atoms with van der Waals surface area (Å²) < 4.78 is 21.3. The van der Waals surface area contributed by atoms with Crippen LogP contribution < -0.4 is 5.32 Å². The number of rotatable bonds is 10. The third-order valence-corrected chi connectivity index (χ3v) is 7.01. The zero-order chi connectivity index (χ0) is 23.2. The Morgan fingerprint density at radius 1 is 1.06 bits per heavy atom. The Kier molecular flexibility index (Phi) is 9.95. The summed E-state index contributed by atoms with van der Waals surface area (Å²) in [6, 6.07) is 7.28. The van der Waals surface area contributed by atoms with Crippen LogP contribution in [-0.2, 0) is 25.4 Å². The van der Waals surface area contributed by atoms with Gasteiger partial charge in [-0.1, -0.05) is 38.2 Å². The van der Waals surface area contributed by atoms with Crippen molar-refractivity contribution in [1.82, 2.24) is 5.32 Å². The van der Waals surface area contributed by atoms with Crippen molar-refractivity contribution in [1.29, 1.82) is 0 Å². The van der Waals surface area contributed by atoms with E-state index in [1.807, 2.05) is 18.2 Å². The number of ketones is 1. The van der Waals surface area contributed by atoms with Gasteiger partial charge in [-0.2, -0.15) is 0 Å². The van der Waals surface area contributed by atoms with E-state index in [0.29, 0.717) is 23.8 Å². The second kappa shape index (κ2) is 12.7. The smallest absolute Gasteiger partial charge is 0.374 e. The van der Waals surface area contributed by atoms with Crippen LogP contribution in [-0.4, -0.2) is 57.9 Å². The van der Waals surface area contributed by atoms with Crippen LogP contribution in [0.4, 0.5) is 0 Å². The molecule has 34 heavy (non-hydrogen) atoms. The first-order valence-electron chi connectivity index (χ1n) is 12.1. The average Bonchev–Trinajstić information content (AvgIpc) is 3.47. The van der Waals surface area contributed by atoms with Crippen molar-refractivity contribution in [3.63, 3.8) is 0 Å². The molecule has 2 heterocycles. The van der Waals surface area contributed by atoms with Crippen LogP contribution in [0.2, 0.25) is 0 Å². The molecule has 0 unspecified atom stereocenters. The summed E-state index contributed by atoms with van der Waals surface area (Å²) in [6.45, 7) is 1.41. The minimum absolute atomic E-state index is 0. The first-order chi connectivity index (χ1) is 16.1. The molecule has 1 aromatic carbocycles. The molecule has 1 saturated carbocycles. The largest absolute Gasteiger partial charge is 0.452 e. The molecule has 0 bridgehead atoms. The number of hydrogen-bond donors (Lipinski definition) is 1. The molecule has 4 rings (SSSR count). The molecule has 1 aliphatic carbocycles. The van der Waals surface area contributed by atoms with E-state index < -0.39 is 12.1 Å². The number of fused-ring (bicyclic) bond motifs is 1. The third-order valence-electron chi connectivity index (χ3n) is 7.01. The highest BCUT2D eigenvalue weighted by Crippen LogP contribution is 2.36. The summed E-state index contributed by atoms with van der Waals surface area (Å²) >= 11 is 0. The van der Waals surface area contributed by atoms with E-state index in [2.05, 4.69) is 5.32 Å². The Bertz CT molecular complexity index is 948. The summed E-state index contributed by atoms with van der Waals surface area (Å²) in [6.07, 6.45) is 7.39. The van der Waals surface area contributed by atoms with Crippen molar-refractivity contribution >= 4 is 35.1 Å². The van der Waals surface area contributed by atoms with E-state index in [4.69, 9.17) is 18.6 Å². The van der Waals surface area contributed by atoms with E-state index in [-0.39, 0.29) is 43.2 Å². The molecule has 1 aliphatic heterocycles. The van der Waals surface area contributed by atoms with Gasteiger partial charge < -0.3 is 23.9 Å². The molecule has 7 nitrogen and oxygen atoms in total. The number of methoxy groups -OCH3 is 2. The molecule has 0 radical (unpaired) electrons. The molecular formula is C26H36ClNO6. The SMILES string of the molecule is COCC(COC)OC(=O)c1cc2cc(CC(=O)[C@H]3NCC[C@H]3C3CCCCC3)ccc2o1.Cl. The van der Waals surface area contributed by atoms with Gasteiger partial charge in [0.2, 0.25) is 5.76 Å². The Morgan fingerprint density at radius 2 is 1.79 bits per heavy atom. The van der Waals surface area contributed by atoms with E-state index in [1.54, 1.807) is 20.3 Å². The number of carbonyl (C=O) groups excluding carboxylic acids is 2. The van der Waals surface area contributed by atoms with Crippen molar-refractivity contribution in [3.05, 3.63) is 35.6 Å². The summed E-state index contributed by atoms with van der Waals surface area (Å²) in [7, 11) is 3.08. The van der Waals surface area contributed by atoms with E-state index in [0.717, 1.165) is 23.9 Å². The molecule has 0 spiro atoms. The van der Waals surface area contributed by atoms with E-state index >= 15 is 0 Å². The fourth-order valence-electron chi connectivity index (χ4n) is 5.46. The topological polar surface area (TPSA) is 87.0 Å². The lowest BCUT2D eigenvalue weighted by Crippen LogP contribution is -2.40. The number of nitrogens with one attached hydrogen (secondary N) is 1. The fourth-order valence-corrected chi connectivity index (χ4v) is 5.46. The number of carbonyl (C=O) groups is 2. The average molecular weight is 494 g/mol. The maximum Gasteiger partial charge on any atom is 0.374 e. The minimum Gasteiger partial charge on any atom is -0.452 e. The van der Waals surface area contributed by atoms with Crippen LogP contribution in [0.1, 0.15) is 54.6 Å². The summed E-state index contributed by atoms with van der Waals surface area (Å²) in [5.74, 6) is 0.957. The van der Waals surface area contributed by atoms with Gasteiger partial charge in [-0.25, -0.2) is 4.79 Å². The first kappa shape index (κ1) is 26.7. The maximum atomic E-state index is 13.2.